The molecule has 0 radical (unpaired) electrons. The van der Waals surface area contributed by atoms with Crippen molar-refractivity contribution in [2.45, 2.75) is 38.1 Å². The summed E-state index contributed by atoms with van der Waals surface area (Å²) in [5, 5.41) is 1.03. The molecule has 2 aromatic carbocycles. The maximum Gasteiger partial charge on any atom is 0.267 e. The highest BCUT2D eigenvalue weighted by Crippen LogP contribution is 2.45. The normalized spacial score (nSPS) is 18.5. The fraction of sp³-hybridized carbons (Fsp3) is 0.417. The molecule has 0 aromatic heterocycles. The highest BCUT2D eigenvalue weighted by Gasteiger charge is 2.31. The Bertz CT molecular complexity index is 1250. The summed E-state index contributed by atoms with van der Waals surface area (Å²) in [5.74, 6) is -1.48. The Morgan fingerprint density at radius 2 is 1.83 bits per heavy atom. The lowest BCUT2D eigenvalue weighted by atomic mass is 9.96. The van der Waals surface area contributed by atoms with Crippen LogP contribution < -0.4 is 9.46 Å². The predicted molar refractivity (Wildman–Crippen MR) is 131 cm³/mol. The number of halogens is 3. The molecule has 1 N–H and O–H groups in total. The van der Waals surface area contributed by atoms with Crippen molar-refractivity contribution in [3.05, 3.63) is 62.9 Å². The van der Waals surface area contributed by atoms with Gasteiger partial charge in [0.15, 0.2) is 0 Å². The first-order chi connectivity index (χ1) is 16.5. The lowest BCUT2D eigenvalue weighted by Gasteiger charge is -2.32. The number of nitrogens with one attached hydrogen (secondary N) is 1. The minimum atomic E-state index is -3.82. The van der Waals surface area contributed by atoms with Crippen LogP contribution in [0.2, 0.25) is 10.0 Å². The first-order valence-corrected chi connectivity index (χ1v) is 13.8. The minimum Gasteiger partial charge on any atom is -0.493 e. The predicted octanol–water partition coefficient (Wildman–Crippen LogP) is 4.52. The van der Waals surface area contributed by atoms with Crippen LogP contribution in [0, 0.1) is 11.7 Å². The molecule has 35 heavy (non-hydrogen) atoms. The highest BCUT2D eigenvalue weighted by atomic mass is 35.5. The summed E-state index contributed by atoms with van der Waals surface area (Å²) in [4.78, 5) is 26.7. The SMILES string of the molecule is CS(=O)(=O)NC(=O)c1cc(C2CC2)c(OC[C@H]2CCN(Cc3cc(Cl)cc(Cl)c3)C(=O)C2)cc1F. The maximum absolute atomic E-state index is 14.7. The van der Waals surface area contributed by atoms with Gasteiger partial charge in [0.05, 0.1) is 18.4 Å². The molecule has 1 heterocycles. The fourth-order valence-electron chi connectivity index (χ4n) is 4.19. The van der Waals surface area contributed by atoms with Crippen molar-refractivity contribution in [1.82, 2.24) is 9.62 Å². The molecule has 1 aliphatic carbocycles. The number of carbonyl (C=O) groups is 2. The first-order valence-electron chi connectivity index (χ1n) is 11.2. The standard InChI is InChI=1S/C24H25Cl2FN2O5S/c1-35(32,33)28-24(31)20-10-19(16-2-3-16)22(11-21(20)27)34-13-14-4-5-29(23(30)8-14)12-15-6-17(25)9-18(26)7-15/h6-7,9-11,14,16H,2-5,8,12-13H2,1H3,(H,28,31)/t14-/m0/s1. The molecule has 7 nitrogen and oxygen atoms in total. The summed E-state index contributed by atoms with van der Waals surface area (Å²) in [6, 6.07) is 7.70. The maximum atomic E-state index is 14.7. The zero-order valence-corrected chi connectivity index (χ0v) is 21.4. The smallest absolute Gasteiger partial charge is 0.267 e. The van der Waals surface area contributed by atoms with Crippen LogP contribution in [-0.2, 0) is 21.4 Å². The Balaban J connectivity index is 1.39. The third kappa shape index (κ3) is 6.86. The van der Waals surface area contributed by atoms with Gasteiger partial charge in [0, 0.05) is 41.5 Å². The largest absolute Gasteiger partial charge is 0.493 e. The molecule has 11 heteroatoms. The second-order valence-electron chi connectivity index (χ2n) is 9.11. The minimum absolute atomic E-state index is 0.0117. The van der Waals surface area contributed by atoms with E-state index in [2.05, 4.69) is 0 Å². The number of hydrogen-bond donors (Lipinski definition) is 1. The molecular weight excluding hydrogens is 518 g/mol. The van der Waals surface area contributed by atoms with Crippen LogP contribution in [0.5, 0.6) is 5.75 Å². The van der Waals surface area contributed by atoms with Crippen molar-refractivity contribution >= 4 is 45.0 Å². The van der Waals surface area contributed by atoms with Crippen molar-refractivity contribution in [2.75, 3.05) is 19.4 Å². The Hall–Kier alpha value is -2.36. The molecular formula is C24H25Cl2FN2O5S. The molecule has 1 aliphatic heterocycles. The molecule has 0 spiro atoms. The number of carbonyl (C=O) groups excluding carboxylic acids is 2. The van der Waals surface area contributed by atoms with Gasteiger partial charge in [-0.3, -0.25) is 9.59 Å². The van der Waals surface area contributed by atoms with Gasteiger partial charge in [-0.15, -0.1) is 0 Å². The Kier molecular flexibility index (Phi) is 7.59. The quantitative estimate of drug-likeness (QED) is 0.529. The van der Waals surface area contributed by atoms with Crippen LogP contribution in [0.4, 0.5) is 4.39 Å². The van der Waals surface area contributed by atoms with Gasteiger partial charge in [-0.2, -0.15) is 0 Å². The second-order valence-corrected chi connectivity index (χ2v) is 11.7. The number of likely N-dealkylation sites (tertiary alicyclic amines) is 1. The summed E-state index contributed by atoms with van der Waals surface area (Å²) in [6.07, 6.45) is 3.60. The Labute approximate surface area is 213 Å². The van der Waals surface area contributed by atoms with E-state index in [9.17, 15) is 22.4 Å². The zero-order chi connectivity index (χ0) is 25.3. The van der Waals surface area contributed by atoms with Crippen LogP contribution in [0.25, 0.3) is 0 Å². The summed E-state index contributed by atoms with van der Waals surface area (Å²) in [6.45, 7) is 1.20. The molecule has 0 bridgehead atoms. The van der Waals surface area contributed by atoms with E-state index < -0.39 is 21.7 Å². The number of benzene rings is 2. The Morgan fingerprint density at radius 3 is 2.43 bits per heavy atom. The van der Waals surface area contributed by atoms with E-state index in [-0.39, 0.29) is 29.9 Å². The number of nitrogens with zero attached hydrogens (tertiary/aromatic N) is 1. The average molecular weight is 543 g/mol. The lowest BCUT2D eigenvalue weighted by molar-refractivity contribution is -0.136. The summed E-state index contributed by atoms with van der Waals surface area (Å²) in [7, 11) is -3.82. The second kappa shape index (κ2) is 10.3. The van der Waals surface area contributed by atoms with E-state index in [4.69, 9.17) is 27.9 Å². The van der Waals surface area contributed by atoms with Crippen molar-refractivity contribution in [3.8, 4) is 5.75 Å². The topological polar surface area (TPSA) is 92.8 Å². The Morgan fingerprint density at radius 1 is 1.14 bits per heavy atom. The fourth-order valence-corrected chi connectivity index (χ4v) is 5.21. The van der Waals surface area contributed by atoms with Crippen LogP contribution in [0.15, 0.2) is 30.3 Å². The van der Waals surface area contributed by atoms with Gasteiger partial charge in [-0.05, 0) is 60.6 Å². The van der Waals surface area contributed by atoms with Gasteiger partial charge in [0.1, 0.15) is 11.6 Å². The molecule has 2 aromatic rings. The number of amides is 2. The third-order valence-corrected chi connectivity index (χ3v) is 7.03. The van der Waals surface area contributed by atoms with Crippen LogP contribution in [0.3, 0.4) is 0 Å². The van der Waals surface area contributed by atoms with Gasteiger partial charge in [-0.1, -0.05) is 23.2 Å². The molecule has 0 unspecified atom stereocenters. The van der Waals surface area contributed by atoms with Crippen molar-refractivity contribution in [3.63, 3.8) is 0 Å². The van der Waals surface area contributed by atoms with E-state index in [1.165, 1.54) is 6.07 Å². The number of sulfonamides is 1. The molecule has 2 amide bonds. The van der Waals surface area contributed by atoms with Gasteiger partial charge >= 0.3 is 0 Å². The van der Waals surface area contributed by atoms with Crippen molar-refractivity contribution in [2.24, 2.45) is 5.92 Å². The number of piperidine rings is 1. The third-order valence-electron chi connectivity index (χ3n) is 6.03. The van der Waals surface area contributed by atoms with E-state index >= 15 is 0 Å². The molecule has 1 atom stereocenters. The van der Waals surface area contributed by atoms with Crippen LogP contribution in [0.1, 0.15) is 53.1 Å². The summed E-state index contributed by atoms with van der Waals surface area (Å²) < 4.78 is 45.1. The van der Waals surface area contributed by atoms with E-state index in [1.54, 1.807) is 27.8 Å². The molecule has 188 valence electrons. The van der Waals surface area contributed by atoms with Crippen molar-refractivity contribution < 1.29 is 27.1 Å². The van der Waals surface area contributed by atoms with Gasteiger partial charge in [-0.25, -0.2) is 17.5 Å². The van der Waals surface area contributed by atoms with E-state index in [0.717, 1.165) is 37.1 Å². The van der Waals surface area contributed by atoms with Gasteiger partial charge < -0.3 is 9.64 Å². The number of hydrogen-bond acceptors (Lipinski definition) is 5. The van der Waals surface area contributed by atoms with E-state index in [1.807, 2.05) is 0 Å². The zero-order valence-electron chi connectivity index (χ0n) is 19.0. The van der Waals surface area contributed by atoms with Gasteiger partial charge in [0.2, 0.25) is 15.9 Å². The first kappa shape index (κ1) is 25.7. The van der Waals surface area contributed by atoms with Gasteiger partial charge in [0.25, 0.3) is 5.91 Å². The summed E-state index contributed by atoms with van der Waals surface area (Å²) in [5.41, 5.74) is 1.19. The number of ether oxygens (including phenoxy) is 1. The average Bonchev–Trinajstić information content (AvgIpc) is 3.57. The lowest BCUT2D eigenvalue weighted by Crippen LogP contribution is -2.39. The molecule has 4 rings (SSSR count). The molecule has 2 aliphatic rings. The molecule has 1 saturated heterocycles. The summed E-state index contributed by atoms with van der Waals surface area (Å²) >= 11 is 12.1. The van der Waals surface area contributed by atoms with E-state index in [0.29, 0.717) is 40.9 Å². The monoisotopic (exact) mass is 542 g/mol. The molecule has 1 saturated carbocycles. The van der Waals surface area contributed by atoms with Crippen LogP contribution in [-0.4, -0.2) is 44.5 Å². The highest BCUT2D eigenvalue weighted by molar-refractivity contribution is 7.89. The van der Waals surface area contributed by atoms with Crippen LogP contribution >= 0.6 is 23.2 Å². The van der Waals surface area contributed by atoms with Crippen molar-refractivity contribution in [1.29, 1.82) is 0 Å². The molecule has 2 fully saturated rings. The number of rotatable bonds is 8.